The molecular weight excluding hydrogens is 284 g/mol. The number of nitrogens with one attached hydrogen (secondary N) is 1. The SMILES string of the molecule is CCN1CCO[C@@H](C(=O)N[C@H](Cc2ccccc2)C(=O)O)C1. The Morgan fingerprint density at radius 2 is 2.14 bits per heavy atom. The fourth-order valence-corrected chi connectivity index (χ4v) is 2.46. The van der Waals surface area contributed by atoms with E-state index in [1.165, 1.54) is 0 Å². The van der Waals surface area contributed by atoms with Crippen molar-refractivity contribution in [2.75, 3.05) is 26.2 Å². The van der Waals surface area contributed by atoms with Crippen LogP contribution in [0.15, 0.2) is 30.3 Å². The highest BCUT2D eigenvalue weighted by atomic mass is 16.5. The molecule has 1 aromatic carbocycles. The van der Waals surface area contributed by atoms with E-state index in [1.54, 1.807) is 0 Å². The quantitative estimate of drug-likeness (QED) is 0.801. The van der Waals surface area contributed by atoms with Crippen LogP contribution >= 0.6 is 0 Å². The molecule has 0 aromatic heterocycles. The zero-order valence-corrected chi connectivity index (χ0v) is 12.7. The van der Waals surface area contributed by atoms with Gasteiger partial charge in [-0.25, -0.2) is 4.79 Å². The molecule has 0 radical (unpaired) electrons. The third-order valence-electron chi connectivity index (χ3n) is 3.79. The van der Waals surface area contributed by atoms with Gasteiger partial charge in [0.1, 0.15) is 12.1 Å². The summed E-state index contributed by atoms with van der Waals surface area (Å²) in [5.74, 6) is -1.40. The number of nitrogens with zero attached hydrogens (tertiary/aromatic N) is 1. The van der Waals surface area contributed by atoms with Crippen LogP contribution in [-0.2, 0) is 20.7 Å². The fourth-order valence-electron chi connectivity index (χ4n) is 2.46. The summed E-state index contributed by atoms with van der Waals surface area (Å²) < 4.78 is 5.46. The maximum Gasteiger partial charge on any atom is 0.326 e. The first kappa shape index (κ1) is 16.5. The normalized spacial score (nSPS) is 20.3. The topological polar surface area (TPSA) is 78.9 Å². The highest BCUT2D eigenvalue weighted by Gasteiger charge is 2.29. The summed E-state index contributed by atoms with van der Waals surface area (Å²) in [7, 11) is 0. The highest BCUT2D eigenvalue weighted by Crippen LogP contribution is 2.07. The van der Waals surface area contributed by atoms with Gasteiger partial charge in [-0.15, -0.1) is 0 Å². The van der Waals surface area contributed by atoms with Crippen LogP contribution in [0.2, 0.25) is 0 Å². The van der Waals surface area contributed by atoms with Crippen LogP contribution in [0.3, 0.4) is 0 Å². The van der Waals surface area contributed by atoms with Gasteiger partial charge in [0.15, 0.2) is 0 Å². The molecule has 6 nitrogen and oxygen atoms in total. The van der Waals surface area contributed by atoms with Crippen LogP contribution in [0.1, 0.15) is 12.5 Å². The van der Waals surface area contributed by atoms with Crippen LogP contribution in [0.25, 0.3) is 0 Å². The van der Waals surface area contributed by atoms with Crippen LogP contribution < -0.4 is 5.32 Å². The molecule has 2 N–H and O–H groups in total. The van der Waals surface area contributed by atoms with Crippen LogP contribution in [-0.4, -0.2) is 60.3 Å². The van der Waals surface area contributed by atoms with E-state index >= 15 is 0 Å². The number of ether oxygens (including phenoxy) is 1. The van der Waals surface area contributed by atoms with Gasteiger partial charge in [0.05, 0.1) is 6.61 Å². The second-order valence-electron chi connectivity index (χ2n) is 5.34. The van der Waals surface area contributed by atoms with E-state index in [2.05, 4.69) is 10.2 Å². The minimum atomic E-state index is -1.04. The van der Waals surface area contributed by atoms with Gasteiger partial charge in [0, 0.05) is 19.5 Å². The zero-order chi connectivity index (χ0) is 15.9. The summed E-state index contributed by atoms with van der Waals surface area (Å²) in [4.78, 5) is 25.7. The molecule has 1 aromatic rings. The van der Waals surface area contributed by atoms with Crippen LogP contribution in [0.5, 0.6) is 0 Å². The second kappa shape index (κ2) is 7.91. The molecule has 1 aliphatic rings. The first-order valence-corrected chi connectivity index (χ1v) is 7.51. The number of hydrogen-bond donors (Lipinski definition) is 2. The lowest BCUT2D eigenvalue weighted by Gasteiger charge is -2.31. The van der Waals surface area contributed by atoms with E-state index in [0.29, 0.717) is 13.2 Å². The number of hydrogen-bond acceptors (Lipinski definition) is 4. The summed E-state index contributed by atoms with van der Waals surface area (Å²) in [6.07, 6.45) is -0.349. The van der Waals surface area contributed by atoms with Gasteiger partial charge in [0.25, 0.3) is 5.91 Å². The molecule has 1 saturated heterocycles. The Morgan fingerprint density at radius 1 is 1.41 bits per heavy atom. The minimum Gasteiger partial charge on any atom is -0.480 e. The average molecular weight is 306 g/mol. The Kier molecular flexibility index (Phi) is 5.91. The largest absolute Gasteiger partial charge is 0.480 e. The number of aliphatic carboxylic acids is 1. The second-order valence-corrected chi connectivity index (χ2v) is 5.34. The molecule has 0 unspecified atom stereocenters. The maximum atomic E-state index is 12.2. The lowest BCUT2D eigenvalue weighted by atomic mass is 10.1. The predicted octanol–water partition coefficient (Wildman–Crippen LogP) is 0.519. The first-order valence-electron chi connectivity index (χ1n) is 7.51. The number of benzene rings is 1. The molecule has 0 spiro atoms. The van der Waals surface area contributed by atoms with E-state index in [-0.39, 0.29) is 12.3 Å². The van der Waals surface area contributed by atoms with Crippen molar-refractivity contribution >= 4 is 11.9 Å². The molecular formula is C16H22N2O4. The molecule has 0 aliphatic carbocycles. The van der Waals surface area contributed by atoms with Gasteiger partial charge in [-0.2, -0.15) is 0 Å². The van der Waals surface area contributed by atoms with Crippen molar-refractivity contribution in [2.45, 2.75) is 25.5 Å². The molecule has 2 rings (SSSR count). The number of carboxylic acids is 1. The number of rotatable bonds is 6. The molecule has 1 fully saturated rings. The summed E-state index contributed by atoms with van der Waals surface area (Å²) in [6, 6.07) is 8.30. The lowest BCUT2D eigenvalue weighted by Crippen LogP contribution is -2.53. The molecule has 6 heteroatoms. The number of likely N-dealkylation sites (N-methyl/N-ethyl adjacent to an activating group) is 1. The van der Waals surface area contributed by atoms with Crippen molar-refractivity contribution in [3.05, 3.63) is 35.9 Å². The molecule has 120 valence electrons. The van der Waals surface area contributed by atoms with Crippen molar-refractivity contribution in [1.29, 1.82) is 0 Å². The smallest absolute Gasteiger partial charge is 0.326 e. The van der Waals surface area contributed by atoms with Gasteiger partial charge in [-0.1, -0.05) is 37.3 Å². The molecule has 1 amide bonds. The monoisotopic (exact) mass is 306 g/mol. The number of carbonyl (C=O) groups excluding carboxylic acids is 1. The van der Waals surface area contributed by atoms with Crippen molar-refractivity contribution in [3.63, 3.8) is 0 Å². The maximum absolute atomic E-state index is 12.2. The van der Waals surface area contributed by atoms with E-state index < -0.39 is 18.1 Å². The average Bonchev–Trinajstić information content (AvgIpc) is 2.55. The van der Waals surface area contributed by atoms with E-state index in [9.17, 15) is 14.7 Å². The summed E-state index contributed by atoms with van der Waals surface area (Å²) in [6.45, 7) is 4.66. The molecule has 0 bridgehead atoms. The van der Waals surface area contributed by atoms with Gasteiger partial charge < -0.3 is 15.2 Å². The Balaban J connectivity index is 1.95. The van der Waals surface area contributed by atoms with E-state index in [4.69, 9.17) is 4.74 Å². The first-order chi connectivity index (χ1) is 10.6. The Labute approximate surface area is 130 Å². The zero-order valence-electron chi connectivity index (χ0n) is 12.7. The van der Waals surface area contributed by atoms with E-state index in [1.807, 2.05) is 37.3 Å². The standard InChI is InChI=1S/C16H22N2O4/c1-2-18-8-9-22-14(11-18)15(19)17-13(16(20)21)10-12-6-4-3-5-7-12/h3-7,13-14H,2,8-11H2,1H3,(H,17,19)(H,20,21)/t13-,14-/m1/s1. The van der Waals surface area contributed by atoms with E-state index in [0.717, 1.165) is 18.7 Å². The molecule has 22 heavy (non-hydrogen) atoms. The molecule has 1 aliphatic heterocycles. The number of carboxylic acid groups (broad SMARTS) is 1. The summed E-state index contributed by atoms with van der Waals surface area (Å²) in [5, 5.41) is 11.9. The Morgan fingerprint density at radius 3 is 2.77 bits per heavy atom. The molecule has 2 atom stereocenters. The third-order valence-corrected chi connectivity index (χ3v) is 3.79. The summed E-state index contributed by atoms with van der Waals surface area (Å²) in [5.41, 5.74) is 0.870. The Bertz CT molecular complexity index is 506. The van der Waals surface area contributed by atoms with Crippen LogP contribution in [0.4, 0.5) is 0 Å². The van der Waals surface area contributed by atoms with Crippen molar-refractivity contribution in [2.24, 2.45) is 0 Å². The van der Waals surface area contributed by atoms with Crippen LogP contribution in [0, 0.1) is 0 Å². The Hall–Kier alpha value is -1.92. The predicted molar refractivity (Wildman–Crippen MR) is 81.6 cm³/mol. The number of carbonyl (C=O) groups is 2. The highest BCUT2D eigenvalue weighted by molar-refractivity contribution is 5.86. The fraction of sp³-hybridized carbons (Fsp3) is 0.500. The van der Waals surface area contributed by atoms with Gasteiger partial charge in [-0.3, -0.25) is 9.69 Å². The minimum absolute atomic E-state index is 0.256. The molecule has 0 saturated carbocycles. The van der Waals surface area contributed by atoms with Crippen molar-refractivity contribution < 1.29 is 19.4 Å². The third kappa shape index (κ3) is 4.54. The van der Waals surface area contributed by atoms with Crippen molar-refractivity contribution in [3.8, 4) is 0 Å². The molecule has 1 heterocycles. The van der Waals surface area contributed by atoms with Gasteiger partial charge in [0.2, 0.25) is 0 Å². The van der Waals surface area contributed by atoms with Gasteiger partial charge >= 0.3 is 5.97 Å². The lowest BCUT2D eigenvalue weighted by molar-refractivity contribution is -0.146. The van der Waals surface area contributed by atoms with Crippen molar-refractivity contribution in [1.82, 2.24) is 10.2 Å². The number of morpholine rings is 1. The number of amides is 1. The van der Waals surface area contributed by atoms with Gasteiger partial charge in [-0.05, 0) is 12.1 Å². The summed E-state index contributed by atoms with van der Waals surface area (Å²) >= 11 is 0.